The number of benzene rings is 1. The zero-order valence-corrected chi connectivity index (χ0v) is 14.8. The highest BCUT2D eigenvalue weighted by atomic mass is 15.1. The number of para-hydroxylation sites is 2. The van der Waals surface area contributed by atoms with E-state index >= 15 is 0 Å². The van der Waals surface area contributed by atoms with Crippen LogP contribution in [0.5, 0.6) is 0 Å². The van der Waals surface area contributed by atoms with Gasteiger partial charge in [0, 0.05) is 7.05 Å². The molecular formula is C21H27N3. The number of aliphatic imine (C=N–C) groups is 1. The predicted molar refractivity (Wildman–Crippen MR) is 98.4 cm³/mol. The molecule has 4 aliphatic rings. The second-order valence-corrected chi connectivity index (χ2v) is 8.75. The fraction of sp³-hybridized carbons (Fsp3) is 0.619. The second-order valence-electron chi connectivity index (χ2n) is 8.75. The molecule has 1 heterocycles. The summed E-state index contributed by atoms with van der Waals surface area (Å²) in [7, 11) is 2.09. The van der Waals surface area contributed by atoms with Crippen molar-refractivity contribution in [2.75, 3.05) is 0 Å². The molecule has 3 heteroatoms. The smallest absolute Gasteiger partial charge is 0.151 e. The molecule has 1 aromatic carbocycles. The van der Waals surface area contributed by atoms with E-state index in [9.17, 15) is 0 Å². The van der Waals surface area contributed by atoms with Crippen LogP contribution >= 0.6 is 0 Å². The van der Waals surface area contributed by atoms with E-state index < -0.39 is 0 Å². The number of nitrogens with zero attached hydrogens (tertiary/aromatic N) is 3. The molecule has 4 saturated carbocycles. The van der Waals surface area contributed by atoms with E-state index in [0.717, 1.165) is 29.1 Å². The fourth-order valence-electron chi connectivity index (χ4n) is 6.31. The SMILES string of the molecule is CC(N=Cc1nc2ccccc2n1C)C12CC3CC(CC(C3)C1)C2. The van der Waals surface area contributed by atoms with Gasteiger partial charge in [-0.05, 0) is 80.8 Å². The summed E-state index contributed by atoms with van der Waals surface area (Å²) in [5.74, 6) is 3.95. The maximum absolute atomic E-state index is 5.03. The zero-order chi connectivity index (χ0) is 16.3. The molecule has 1 aromatic heterocycles. The second kappa shape index (κ2) is 5.18. The first-order chi connectivity index (χ1) is 11.6. The van der Waals surface area contributed by atoms with Crippen LogP contribution in [0.25, 0.3) is 11.0 Å². The van der Waals surface area contributed by atoms with Gasteiger partial charge in [-0.25, -0.2) is 4.98 Å². The summed E-state index contributed by atoms with van der Waals surface area (Å²) in [5.41, 5.74) is 2.72. The molecule has 4 aliphatic carbocycles. The summed E-state index contributed by atoms with van der Waals surface area (Å²) in [4.78, 5) is 9.78. The Morgan fingerprint density at radius 3 is 2.38 bits per heavy atom. The lowest BCUT2D eigenvalue weighted by molar-refractivity contribution is -0.0632. The summed E-state index contributed by atoms with van der Waals surface area (Å²) < 4.78 is 2.16. The van der Waals surface area contributed by atoms with Crippen LogP contribution in [-0.2, 0) is 7.05 Å². The van der Waals surface area contributed by atoms with Gasteiger partial charge in [-0.3, -0.25) is 4.99 Å². The third-order valence-electron chi connectivity index (χ3n) is 7.21. The van der Waals surface area contributed by atoms with Crippen LogP contribution in [0.4, 0.5) is 0 Å². The molecule has 0 saturated heterocycles. The maximum Gasteiger partial charge on any atom is 0.151 e. The van der Waals surface area contributed by atoms with Crippen LogP contribution < -0.4 is 0 Å². The molecule has 0 N–H and O–H groups in total. The van der Waals surface area contributed by atoms with Gasteiger partial charge in [0.1, 0.15) is 0 Å². The van der Waals surface area contributed by atoms with Gasteiger partial charge in [-0.15, -0.1) is 0 Å². The number of rotatable bonds is 3. The quantitative estimate of drug-likeness (QED) is 0.760. The highest BCUT2D eigenvalue weighted by Crippen LogP contribution is 2.61. The van der Waals surface area contributed by atoms with E-state index in [0.29, 0.717) is 11.5 Å². The van der Waals surface area contributed by atoms with Crippen LogP contribution in [-0.4, -0.2) is 21.8 Å². The average molecular weight is 321 g/mol. The highest BCUT2D eigenvalue weighted by molar-refractivity contribution is 5.84. The average Bonchev–Trinajstić information content (AvgIpc) is 2.88. The number of hydrogen-bond donors (Lipinski definition) is 0. The van der Waals surface area contributed by atoms with Crippen molar-refractivity contribution in [2.45, 2.75) is 51.5 Å². The largest absolute Gasteiger partial charge is 0.326 e. The maximum atomic E-state index is 5.03. The molecular weight excluding hydrogens is 294 g/mol. The lowest BCUT2D eigenvalue weighted by Crippen LogP contribution is -2.50. The highest BCUT2D eigenvalue weighted by Gasteiger charge is 2.53. The molecule has 1 atom stereocenters. The van der Waals surface area contributed by atoms with Crippen LogP contribution in [0, 0.1) is 23.2 Å². The van der Waals surface area contributed by atoms with Crippen molar-refractivity contribution in [3.8, 4) is 0 Å². The van der Waals surface area contributed by atoms with E-state index in [2.05, 4.69) is 36.7 Å². The number of imidazole rings is 1. The molecule has 0 aliphatic heterocycles. The van der Waals surface area contributed by atoms with Crippen molar-refractivity contribution in [1.82, 2.24) is 9.55 Å². The number of aryl methyl sites for hydroxylation is 1. The van der Waals surface area contributed by atoms with Crippen molar-refractivity contribution >= 4 is 17.2 Å². The Morgan fingerprint density at radius 1 is 1.12 bits per heavy atom. The van der Waals surface area contributed by atoms with Crippen molar-refractivity contribution in [3.63, 3.8) is 0 Å². The number of aromatic nitrogens is 2. The van der Waals surface area contributed by atoms with Gasteiger partial charge in [0.05, 0.1) is 23.3 Å². The molecule has 1 unspecified atom stereocenters. The van der Waals surface area contributed by atoms with Gasteiger partial charge in [0.2, 0.25) is 0 Å². The summed E-state index contributed by atoms with van der Waals surface area (Å²) in [5, 5.41) is 0. The van der Waals surface area contributed by atoms with Gasteiger partial charge in [0.25, 0.3) is 0 Å². The van der Waals surface area contributed by atoms with E-state index in [-0.39, 0.29) is 0 Å². The third-order valence-corrected chi connectivity index (χ3v) is 7.21. The molecule has 0 spiro atoms. The van der Waals surface area contributed by atoms with Crippen molar-refractivity contribution in [1.29, 1.82) is 0 Å². The van der Waals surface area contributed by atoms with Gasteiger partial charge in [-0.1, -0.05) is 12.1 Å². The Morgan fingerprint density at radius 2 is 1.75 bits per heavy atom. The fourth-order valence-corrected chi connectivity index (χ4v) is 6.31. The van der Waals surface area contributed by atoms with Crippen molar-refractivity contribution in [2.24, 2.45) is 35.2 Å². The Hall–Kier alpha value is -1.64. The van der Waals surface area contributed by atoms with Gasteiger partial charge < -0.3 is 4.57 Å². The minimum Gasteiger partial charge on any atom is -0.326 e. The van der Waals surface area contributed by atoms with Crippen LogP contribution in [0.3, 0.4) is 0 Å². The monoisotopic (exact) mass is 321 g/mol. The molecule has 126 valence electrons. The molecule has 24 heavy (non-hydrogen) atoms. The first kappa shape index (κ1) is 14.7. The summed E-state index contributed by atoms with van der Waals surface area (Å²) >= 11 is 0. The van der Waals surface area contributed by atoms with Crippen LogP contribution in [0.15, 0.2) is 29.3 Å². The van der Waals surface area contributed by atoms with Crippen LogP contribution in [0.1, 0.15) is 51.3 Å². The minimum absolute atomic E-state index is 0.422. The van der Waals surface area contributed by atoms with E-state index in [1.165, 1.54) is 44.0 Å². The molecule has 6 rings (SSSR count). The topological polar surface area (TPSA) is 30.2 Å². The molecule has 4 fully saturated rings. The summed E-state index contributed by atoms with van der Waals surface area (Å²) in [6.45, 7) is 2.35. The third kappa shape index (κ3) is 2.17. The Labute approximate surface area is 144 Å². The molecule has 0 radical (unpaired) electrons. The van der Waals surface area contributed by atoms with E-state index in [1.54, 1.807) is 0 Å². The lowest BCUT2D eigenvalue weighted by atomic mass is 9.48. The normalized spacial score (nSPS) is 36.0. The van der Waals surface area contributed by atoms with Crippen molar-refractivity contribution in [3.05, 3.63) is 30.1 Å². The standard InChI is InChI=1S/C21H27N3/c1-14(21-10-15-7-16(11-21)9-17(8-15)12-21)22-13-20-23-18-5-3-4-6-19(18)24(20)2/h3-6,13-17H,7-12H2,1-2H3. The van der Waals surface area contributed by atoms with Gasteiger partial charge in [0.15, 0.2) is 5.82 Å². The molecule has 0 amide bonds. The zero-order valence-electron chi connectivity index (χ0n) is 14.8. The Bertz CT molecular complexity index is 765. The van der Waals surface area contributed by atoms with E-state index in [4.69, 9.17) is 9.98 Å². The molecule has 2 aromatic rings. The molecule has 3 nitrogen and oxygen atoms in total. The summed E-state index contributed by atoms with van der Waals surface area (Å²) in [6.07, 6.45) is 10.8. The molecule has 4 bridgehead atoms. The first-order valence-corrected chi connectivity index (χ1v) is 9.57. The minimum atomic E-state index is 0.422. The van der Waals surface area contributed by atoms with Gasteiger partial charge >= 0.3 is 0 Å². The first-order valence-electron chi connectivity index (χ1n) is 9.57. The Balaban J connectivity index is 1.42. The van der Waals surface area contributed by atoms with Crippen LogP contribution in [0.2, 0.25) is 0 Å². The van der Waals surface area contributed by atoms with E-state index in [1.807, 2.05) is 12.3 Å². The lowest BCUT2D eigenvalue weighted by Gasteiger charge is -2.58. The number of hydrogen-bond acceptors (Lipinski definition) is 2. The predicted octanol–water partition coefficient (Wildman–Crippen LogP) is 4.60. The summed E-state index contributed by atoms with van der Waals surface area (Å²) in [6, 6.07) is 8.75. The Kier molecular flexibility index (Phi) is 3.17. The van der Waals surface area contributed by atoms with Crippen molar-refractivity contribution < 1.29 is 0 Å². The number of fused-ring (bicyclic) bond motifs is 1. The van der Waals surface area contributed by atoms with Gasteiger partial charge in [-0.2, -0.15) is 0 Å².